The summed E-state index contributed by atoms with van der Waals surface area (Å²) in [6, 6.07) is 2.31. The Morgan fingerprint density at radius 2 is 2.05 bits per heavy atom. The van der Waals surface area contributed by atoms with Gasteiger partial charge in [0.1, 0.15) is 11.9 Å². The van der Waals surface area contributed by atoms with Crippen molar-refractivity contribution < 1.29 is 4.92 Å². The number of aromatic nitrogens is 1. The van der Waals surface area contributed by atoms with Crippen molar-refractivity contribution in [3.63, 3.8) is 0 Å². The Morgan fingerprint density at radius 1 is 1.25 bits per heavy atom. The van der Waals surface area contributed by atoms with E-state index in [0.29, 0.717) is 11.7 Å². The molecule has 0 amide bonds. The Morgan fingerprint density at radius 3 is 2.80 bits per heavy atom. The van der Waals surface area contributed by atoms with Crippen LogP contribution in [0.1, 0.15) is 25.7 Å². The van der Waals surface area contributed by atoms with Crippen LogP contribution in [0.4, 0.5) is 11.4 Å². The number of piperidine rings is 1. The summed E-state index contributed by atoms with van der Waals surface area (Å²) < 4.78 is 0. The van der Waals surface area contributed by atoms with Gasteiger partial charge in [0, 0.05) is 25.3 Å². The summed E-state index contributed by atoms with van der Waals surface area (Å²) in [5, 5.41) is 11.1. The van der Waals surface area contributed by atoms with Crippen molar-refractivity contribution in [1.82, 2.24) is 9.88 Å². The number of hydrogen-bond acceptors (Lipinski definition) is 5. The largest absolute Gasteiger partial charge is 0.364 e. The van der Waals surface area contributed by atoms with Crippen LogP contribution >= 0.6 is 0 Å². The molecular weight excluding hydrogens is 256 g/mol. The zero-order valence-corrected chi connectivity index (χ0v) is 11.6. The Balaban J connectivity index is 1.78. The van der Waals surface area contributed by atoms with E-state index < -0.39 is 0 Å². The van der Waals surface area contributed by atoms with Crippen LogP contribution in [-0.4, -0.2) is 47.0 Å². The minimum absolute atomic E-state index is 0.120. The average molecular weight is 276 g/mol. The monoisotopic (exact) mass is 276 g/mol. The SMILES string of the molecule is O=[N+]([O-])c1cnccc1N1CCC[C@@H](N2CCCC2)C1. The van der Waals surface area contributed by atoms with Gasteiger partial charge in [-0.05, 0) is 44.8 Å². The molecule has 2 fully saturated rings. The van der Waals surface area contributed by atoms with Crippen molar-refractivity contribution in [3.8, 4) is 0 Å². The molecule has 0 aliphatic carbocycles. The lowest BCUT2D eigenvalue weighted by atomic mass is 10.0. The molecule has 3 heterocycles. The van der Waals surface area contributed by atoms with Gasteiger partial charge in [-0.25, -0.2) is 0 Å². The van der Waals surface area contributed by atoms with Crippen LogP contribution in [0.5, 0.6) is 0 Å². The Bertz CT molecular complexity index is 488. The van der Waals surface area contributed by atoms with Crippen molar-refractivity contribution in [1.29, 1.82) is 0 Å². The quantitative estimate of drug-likeness (QED) is 0.624. The molecule has 2 saturated heterocycles. The summed E-state index contributed by atoms with van der Waals surface area (Å²) in [4.78, 5) is 19.4. The van der Waals surface area contributed by atoms with Gasteiger partial charge in [-0.15, -0.1) is 0 Å². The van der Waals surface area contributed by atoms with Crippen molar-refractivity contribution in [2.45, 2.75) is 31.7 Å². The number of nitro groups is 1. The molecule has 1 aromatic heterocycles. The summed E-state index contributed by atoms with van der Waals surface area (Å²) in [5.41, 5.74) is 0.837. The van der Waals surface area contributed by atoms with E-state index in [-0.39, 0.29) is 10.6 Å². The minimum atomic E-state index is -0.332. The molecule has 0 radical (unpaired) electrons. The summed E-state index contributed by atoms with van der Waals surface area (Å²) in [6.45, 7) is 4.15. The standard InChI is InChI=1S/C14H20N4O2/c19-18(20)14-10-15-6-5-13(14)17-9-3-4-12(11-17)16-7-1-2-8-16/h5-6,10,12H,1-4,7-9,11H2/t12-/m1/s1. The smallest absolute Gasteiger partial charge is 0.310 e. The van der Waals surface area contributed by atoms with Gasteiger partial charge in [0.15, 0.2) is 0 Å². The van der Waals surface area contributed by atoms with Crippen molar-refractivity contribution in [2.24, 2.45) is 0 Å². The summed E-state index contributed by atoms with van der Waals surface area (Å²) in [7, 11) is 0. The second-order valence-electron chi connectivity index (χ2n) is 5.61. The van der Waals surface area contributed by atoms with Crippen molar-refractivity contribution in [3.05, 3.63) is 28.6 Å². The maximum absolute atomic E-state index is 11.1. The number of nitrogens with zero attached hydrogens (tertiary/aromatic N) is 4. The fraction of sp³-hybridized carbons (Fsp3) is 0.643. The third kappa shape index (κ3) is 2.60. The first kappa shape index (κ1) is 13.3. The molecule has 0 saturated carbocycles. The zero-order valence-electron chi connectivity index (χ0n) is 11.6. The second kappa shape index (κ2) is 5.75. The van der Waals surface area contributed by atoms with Crippen LogP contribution in [0.3, 0.4) is 0 Å². The van der Waals surface area contributed by atoms with E-state index in [1.54, 1.807) is 12.3 Å². The summed E-state index contributed by atoms with van der Waals surface area (Å²) in [6.07, 6.45) is 7.87. The van der Waals surface area contributed by atoms with Gasteiger partial charge >= 0.3 is 5.69 Å². The van der Waals surface area contributed by atoms with Gasteiger partial charge in [0.25, 0.3) is 0 Å². The first-order chi connectivity index (χ1) is 9.75. The van der Waals surface area contributed by atoms with Gasteiger partial charge in [0.05, 0.1) is 4.92 Å². The summed E-state index contributed by atoms with van der Waals surface area (Å²) in [5.74, 6) is 0. The molecule has 0 spiro atoms. The number of anilines is 1. The predicted octanol–water partition coefficient (Wildman–Crippen LogP) is 2.05. The normalized spacial score (nSPS) is 24.0. The fourth-order valence-electron chi connectivity index (χ4n) is 3.37. The van der Waals surface area contributed by atoms with Gasteiger partial charge < -0.3 is 4.90 Å². The third-order valence-electron chi connectivity index (χ3n) is 4.37. The highest BCUT2D eigenvalue weighted by atomic mass is 16.6. The highest BCUT2D eigenvalue weighted by molar-refractivity contribution is 5.62. The fourth-order valence-corrected chi connectivity index (χ4v) is 3.37. The van der Waals surface area contributed by atoms with Gasteiger partial charge in [-0.1, -0.05) is 0 Å². The average Bonchev–Trinajstić information content (AvgIpc) is 3.01. The third-order valence-corrected chi connectivity index (χ3v) is 4.37. The van der Waals surface area contributed by atoms with Gasteiger partial charge in [-0.3, -0.25) is 20.0 Å². The van der Waals surface area contributed by atoms with Crippen LogP contribution in [0.2, 0.25) is 0 Å². The maximum Gasteiger partial charge on any atom is 0.310 e. The molecule has 0 unspecified atom stereocenters. The molecule has 1 atom stereocenters. The van der Waals surface area contributed by atoms with Crippen LogP contribution < -0.4 is 4.90 Å². The lowest BCUT2D eigenvalue weighted by molar-refractivity contribution is -0.384. The molecule has 0 N–H and O–H groups in total. The van der Waals surface area contributed by atoms with E-state index in [1.165, 1.54) is 38.5 Å². The molecule has 6 nitrogen and oxygen atoms in total. The lowest BCUT2D eigenvalue weighted by Crippen LogP contribution is -2.47. The van der Waals surface area contributed by atoms with E-state index in [2.05, 4.69) is 14.8 Å². The van der Waals surface area contributed by atoms with Crippen LogP contribution in [0.15, 0.2) is 18.5 Å². The lowest BCUT2D eigenvalue weighted by Gasteiger charge is -2.38. The summed E-state index contributed by atoms with van der Waals surface area (Å²) >= 11 is 0. The molecule has 2 aliphatic heterocycles. The number of likely N-dealkylation sites (tertiary alicyclic amines) is 1. The molecule has 0 aromatic carbocycles. The van der Waals surface area contributed by atoms with Crippen LogP contribution in [0, 0.1) is 10.1 Å². The Labute approximate surface area is 118 Å². The Hall–Kier alpha value is -1.69. The predicted molar refractivity (Wildman–Crippen MR) is 76.9 cm³/mol. The molecule has 6 heteroatoms. The molecule has 3 rings (SSSR count). The zero-order chi connectivity index (χ0) is 13.9. The number of hydrogen-bond donors (Lipinski definition) is 0. The van der Waals surface area contributed by atoms with Gasteiger partial charge in [-0.2, -0.15) is 0 Å². The first-order valence-corrected chi connectivity index (χ1v) is 7.33. The molecule has 0 bridgehead atoms. The van der Waals surface area contributed by atoms with E-state index in [9.17, 15) is 10.1 Å². The highest BCUT2D eigenvalue weighted by Crippen LogP contribution is 2.30. The van der Waals surface area contributed by atoms with Crippen molar-refractivity contribution >= 4 is 11.4 Å². The molecule has 1 aromatic rings. The molecule has 2 aliphatic rings. The molecule has 20 heavy (non-hydrogen) atoms. The number of pyridine rings is 1. The maximum atomic E-state index is 11.1. The first-order valence-electron chi connectivity index (χ1n) is 7.33. The van der Waals surface area contributed by atoms with E-state index in [4.69, 9.17) is 0 Å². The second-order valence-corrected chi connectivity index (χ2v) is 5.61. The highest BCUT2D eigenvalue weighted by Gasteiger charge is 2.29. The van der Waals surface area contributed by atoms with E-state index in [1.807, 2.05) is 0 Å². The topological polar surface area (TPSA) is 62.5 Å². The van der Waals surface area contributed by atoms with Crippen molar-refractivity contribution in [2.75, 3.05) is 31.1 Å². The molecular formula is C14H20N4O2. The van der Waals surface area contributed by atoms with Gasteiger partial charge in [0.2, 0.25) is 0 Å². The molecule has 108 valence electrons. The van der Waals surface area contributed by atoms with E-state index in [0.717, 1.165) is 19.5 Å². The Kier molecular flexibility index (Phi) is 3.82. The van der Waals surface area contributed by atoms with Crippen LogP contribution in [-0.2, 0) is 0 Å². The minimum Gasteiger partial charge on any atom is -0.364 e. The number of rotatable bonds is 3. The van der Waals surface area contributed by atoms with Crippen LogP contribution in [0.25, 0.3) is 0 Å². The van der Waals surface area contributed by atoms with E-state index >= 15 is 0 Å².